The van der Waals surface area contributed by atoms with Crippen molar-refractivity contribution >= 4 is 48.5 Å². The van der Waals surface area contributed by atoms with E-state index in [9.17, 15) is 0 Å². The van der Waals surface area contributed by atoms with E-state index in [1.54, 1.807) is 24.2 Å². The minimum Gasteiger partial charge on any atom is -1.00 e. The number of allylic oxidation sites excluding steroid dienone is 12. The minimum atomic E-state index is 0. The Hall–Kier alpha value is -1.61. The molecule has 4 aliphatic carbocycles. The molecule has 0 saturated carbocycles. The SMILES string of the molecule is CC1=[C-]C2C(c3ccccc3)=CC(C)=C2C1=S.CC1=[C-]C2C(c3ccccc3)=CC(C)=C2C1=S.C[C](C)=[Zr+2].[Cl-].[Cl-]. The summed E-state index contributed by atoms with van der Waals surface area (Å²) in [4.78, 5) is 1.99. The molecule has 6 rings (SSSR count). The summed E-state index contributed by atoms with van der Waals surface area (Å²) in [5.74, 6) is 0.537. The van der Waals surface area contributed by atoms with Gasteiger partial charge in [0.15, 0.2) is 0 Å². The first kappa shape index (κ1) is 34.6. The van der Waals surface area contributed by atoms with Gasteiger partial charge in [-0.1, -0.05) is 110 Å². The van der Waals surface area contributed by atoms with Gasteiger partial charge in [0.1, 0.15) is 0 Å². The van der Waals surface area contributed by atoms with Gasteiger partial charge in [0.05, 0.1) is 0 Å². The first-order chi connectivity index (χ1) is 18.1. The summed E-state index contributed by atoms with van der Waals surface area (Å²) in [5.41, 5.74) is 12.6. The van der Waals surface area contributed by atoms with Crippen LogP contribution in [0.5, 0.6) is 0 Å². The fourth-order valence-electron chi connectivity index (χ4n) is 5.20. The van der Waals surface area contributed by atoms with Crippen LogP contribution in [0.2, 0.25) is 0 Å². The van der Waals surface area contributed by atoms with Gasteiger partial charge in [0, 0.05) is 0 Å². The summed E-state index contributed by atoms with van der Waals surface area (Å²) in [5, 5.41) is 0. The van der Waals surface area contributed by atoms with E-state index in [0.29, 0.717) is 0 Å². The Morgan fingerprint density at radius 3 is 1.23 bits per heavy atom. The third kappa shape index (κ3) is 7.42. The monoisotopic (exact) mass is 676 g/mol. The zero-order valence-electron chi connectivity index (χ0n) is 23.7. The molecule has 0 N–H and O–H groups in total. The van der Waals surface area contributed by atoms with E-state index in [2.05, 4.69) is 114 Å². The molecule has 2 unspecified atom stereocenters. The number of rotatable bonds is 2. The molecule has 40 heavy (non-hydrogen) atoms. The van der Waals surface area contributed by atoms with E-state index in [1.807, 2.05) is 12.1 Å². The maximum absolute atomic E-state index is 5.47. The molecule has 0 spiro atoms. The van der Waals surface area contributed by atoms with Crippen molar-refractivity contribution in [1.29, 1.82) is 0 Å². The summed E-state index contributed by atoms with van der Waals surface area (Å²) in [6.45, 7) is 12.7. The number of hydrogen-bond acceptors (Lipinski definition) is 2. The van der Waals surface area contributed by atoms with Crippen LogP contribution < -0.4 is 24.8 Å². The van der Waals surface area contributed by atoms with Crippen LogP contribution in [0.3, 0.4) is 0 Å². The number of hydrogen-bond donors (Lipinski definition) is 0. The fraction of sp³-hybridized carbons (Fsp3) is 0.229. The van der Waals surface area contributed by atoms with Crippen molar-refractivity contribution in [2.24, 2.45) is 11.8 Å². The quantitative estimate of drug-likeness (QED) is 0.354. The summed E-state index contributed by atoms with van der Waals surface area (Å²) in [6.07, 6.45) is 11.5. The molecule has 4 aliphatic rings. The molecule has 0 amide bonds. The van der Waals surface area contributed by atoms with Crippen LogP contribution in [0.1, 0.15) is 52.7 Å². The van der Waals surface area contributed by atoms with Gasteiger partial charge in [-0.25, -0.2) is 35.6 Å². The van der Waals surface area contributed by atoms with Gasteiger partial charge in [0.2, 0.25) is 0 Å². The number of halogens is 2. The zero-order chi connectivity index (χ0) is 27.6. The molecule has 0 radical (unpaired) electrons. The molecule has 5 heteroatoms. The molecule has 0 nitrogen and oxygen atoms in total. The number of fused-ring (bicyclic) bond motifs is 2. The predicted octanol–water partition coefficient (Wildman–Crippen LogP) is 3.05. The molecule has 0 fully saturated rings. The van der Waals surface area contributed by atoms with Gasteiger partial charge in [-0.2, -0.15) is 0 Å². The van der Waals surface area contributed by atoms with Gasteiger partial charge >= 0.3 is 41.3 Å². The van der Waals surface area contributed by atoms with E-state index in [0.717, 1.165) is 20.9 Å². The fourth-order valence-corrected chi connectivity index (χ4v) is 5.88. The Morgan fingerprint density at radius 1 is 0.625 bits per heavy atom. The average molecular weight is 679 g/mol. The topological polar surface area (TPSA) is 0 Å². The maximum Gasteiger partial charge on any atom is -1.00 e. The molecule has 204 valence electrons. The average Bonchev–Trinajstić information content (AvgIpc) is 3.58. The number of benzene rings is 2. The van der Waals surface area contributed by atoms with Crippen LogP contribution in [0, 0.1) is 24.0 Å². The molecule has 0 aliphatic heterocycles. The molecule has 2 aromatic rings. The predicted molar refractivity (Wildman–Crippen MR) is 168 cm³/mol. The van der Waals surface area contributed by atoms with Crippen LogP contribution >= 0.6 is 24.4 Å². The van der Waals surface area contributed by atoms with Crippen LogP contribution in [0.4, 0.5) is 0 Å². The molecule has 2 aromatic carbocycles. The Balaban J connectivity index is 0.000000237. The second-order valence-electron chi connectivity index (χ2n) is 10.2. The second kappa shape index (κ2) is 15.0. The number of thiocarbonyl (C=S) groups is 2. The Kier molecular flexibility index (Phi) is 13.0. The normalized spacial score (nSPS) is 20.0. The standard InChI is InChI=1S/2C16H13S.C3H6.2ClH.Zr/c2*1-10-8-13(12-6-4-3-5-7-12)14-9-11(2)16(17)15(10)14;1-3-2;;;/h2*3-8,14H,1-2H3;1-2H3;2*1H;/q2*-1;;;;+2/p-2. The van der Waals surface area contributed by atoms with Crippen molar-refractivity contribution in [3.63, 3.8) is 0 Å². The van der Waals surface area contributed by atoms with Gasteiger partial charge in [-0.05, 0) is 36.1 Å². The summed E-state index contributed by atoms with van der Waals surface area (Å²) >= 11 is 12.5. The van der Waals surface area contributed by atoms with E-state index in [4.69, 9.17) is 24.4 Å². The molecular weight excluding hydrogens is 647 g/mol. The van der Waals surface area contributed by atoms with Crippen LogP contribution in [0.15, 0.2) is 106 Å². The smallest absolute Gasteiger partial charge is 1.00 e. The molecular formula is C35H32Cl2S2Zr-2. The van der Waals surface area contributed by atoms with Crippen molar-refractivity contribution < 1.29 is 49.0 Å². The van der Waals surface area contributed by atoms with Crippen molar-refractivity contribution in [3.05, 3.63) is 130 Å². The van der Waals surface area contributed by atoms with Gasteiger partial charge in [0.25, 0.3) is 0 Å². The molecule has 0 heterocycles. The first-order valence-corrected chi connectivity index (χ1v) is 14.9. The summed E-state index contributed by atoms with van der Waals surface area (Å²) in [7, 11) is 0. The second-order valence-corrected chi connectivity index (χ2v) is 13.5. The maximum atomic E-state index is 5.47. The first-order valence-electron chi connectivity index (χ1n) is 12.9. The third-order valence-corrected chi connectivity index (χ3v) is 7.95. The van der Waals surface area contributed by atoms with E-state index < -0.39 is 0 Å². The molecule has 2 atom stereocenters. The van der Waals surface area contributed by atoms with Crippen molar-refractivity contribution in [3.8, 4) is 0 Å². The van der Waals surface area contributed by atoms with Crippen LogP contribution in [-0.4, -0.2) is 12.9 Å². The molecule has 0 bridgehead atoms. The summed E-state index contributed by atoms with van der Waals surface area (Å²) in [6, 6.07) is 21.0. The Bertz CT molecular complexity index is 1390. The zero-order valence-corrected chi connectivity index (χ0v) is 29.3. The summed E-state index contributed by atoms with van der Waals surface area (Å²) < 4.78 is 1.51. The van der Waals surface area contributed by atoms with Crippen LogP contribution in [0.25, 0.3) is 11.1 Å². The minimum absolute atomic E-state index is 0. The Labute approximate surface area is 278 Å². The third-order valence-electron chi connectivity index (χ3n) is 6.90. The van der Waals surface area contributed by atoms with Crippen molar-refractivity contribution in [2.75, 3.05) is 0 Å². The van der Waals surface area contributed by atoms with E-state index >= 15 is 0 Å². The van der Waals surface area contributed by atoms with Gasteiger partial charge in [-0.3, -0.25) is 12.2 Å². The van der Waals surface area contributed by atoms with Crippen molar-refractivity contribution in [2.45, 2.75) is 41.5 Å². The van der Waals surface area contributed by atoms with Gasteiger partial charge in [-0.15, -0.1) is 20.9 Å². The van der Waals surface area contributed by atoms with Gasteiger partial charge < -0.3 is 24.8 Å². The van der Waals surface area contributed by atoms with E-state index in [1.165, 1.54) is 47.8 Å². The Morgan fingerprint density at radius 2 is 0.925 bits per heavy atom. The van der Waals surface area contributed by atoms with E-state index in [-0.39, 0.29) is 36.6 Å². The van der Waals surface area contributed by atoms with Crippen molar-refractivity contribution in [1.82, 2.24) is 0 Å². The largest absolute Gasteiger partial charge is 1.00 e. The van der Waals surface area contributed by atoms with Crippen LogP contribution in [-0.2, 0) is 24.2 Å². The molecule has 0 aromatic heterocycles. The molecule has 0 saturated heterocycles.